The first-order valence-electron chi connectivity index (χ1n) is 6.44. The predicted octanol–water partition coefficient (Wildman–Crippen LogP) is 0.942. The number of Topliss-reactive ketones (excluding diaryl/α,β-unsaturated/α-hetero) is 1. The standard InChI is InChI=1S/C12H20N4O/c1-2-16-12(14-9-15-16)8-11(17)10-6-4-3-5-7-13-10/h9-10,13H,2-8H2,1H3. The summed E-state index contributed by atoms with van der Waals surface area (Å²) in [6.45, 7) is 3.73. The van der Waals surface area contributed by atoms with Crippen molar-refractivity contribution in [3.63, 3.8) is 0 Å². The molecule has 1 aliphatic rings. The van der Waals surface area contributed by atoms with E-state index >= 15 is 0 Å². The molecule has 1 aliphatic heterocycles. The summed E-state index contributed by atoms with van der Waals surface area (Å²) in [6, 6.07) is 0.0134. The second-order valence-corrected chi connectivity index (χ2v) is 4.49. The molecule has 1 unspecified atom stereocenters. The van der Waals surface area contributed by atoms with Gasteiger partial charge in [-0.3, -0.25) is 4.79 Å². The van der Waals surface area contributed by atoms with Crippen molar-refractivity contribution in [1.29, 1.82) is 0 Å². The average Bonchev–Trinajstić information content (AvgIpc) is 2.62. The third-order valence-corrected chi connectivity index (χ3v) is 3.28. The molecule has 0 radical (unpaired) electrons. The van der Waals surface area contributed by atoms with Gasteiger partial charge in [-0.1, -0.05) is 12.8 Å². The summed E-state index contributed by atoms with van der Waals surface area (Å²) < 4.78 is 1.79. The Hall–Kier alpha value is -1.23. The van der Waals surface area contributed by atoms with Crippen molar-refractivity contribution in [1.82, 2.24) is 20.1 Å². The van der Waals surface area contributed by atoms with Gasteiger partial charge < -0.3 is 5.32 Å². The quantitative estimate of drug-likeness (QED) is 0.845. The number of carbonyl (C=O) groups excluding carboxylic acids is 1. The first kappa shape index (κ1) is 12.2. The van der Waals surface area contributed by atoms with Gasteiger partial charge in [-0.15, -0.1) is 0 Å². The average molecular weight is 236 g/mol. The summed E-state index contributed by atoms with van der Waals surface area (Å²) in [6.07, 6.45) is 6.41. The maximum atomic E-state index is 12.1. The summed E-state index contributed by atoms with van der Waals surface area (Å²) in [5, 5.41) is 7.41. The molecular formula is C12H20N4O. The first-order valence-corrected chi connectivity index (χ1v) is 6.44. The van der Waals surface area contributed by atoms with Crippen molar-refractivity contribution in [3.05, 3.63) is 12.2 Å². The van der Waals surface area contributed by atoms with Crippen LogP contribution in [0.2, 0.25) is 0 Å². The zero-order valence-electron chi connectivity index (χ0n) is 10.4. The van der Waals surface area contributed by atoms with Gasteiger partial charge in [-0.05, 0) is 26.3 Å². The fraction of sp³-hybridized carbons (Fsp3) is 0.750. The Morgan fingerprint density at radius 2 is 2.41 bits per heavy atom. The molecule has 2 heterocycles. The molecule has 1 aromatic rings. The van der Waals surface area contributed by atoms with Crippen molar-refractivity contribution in [2.45, 2.75) is 51.6 Å². The van der Waals surface area contributed by atoms with Crippen LogP contribution in [0, 0.1) is 0 Å². The third kappa shape index (κ3) is 3.12. The summed E-state index contributed by atoms with van der Waals surface area (Å²) in [4.78, 5) is 16.3. The third-order valence-electron chi connectivity index (χ3n) is 3.28. The van der Waals surface area contributed by atoms with E-state index in [0.717, 1.165) is 31.8 Å². The fourth-order valence-corrected chi connectivity index (χ4v) is 2.27. The molecule has 5 heteroatoms. The van der Waals surface area contributed by atoms with Crippen LogP contribution in [-0.2, 0) is 17.8 Å². The number of ketones is 1. The Morgan fingerprint density at radius 3 is 3.24 bits per heavy atom. The molecular weight excluding hydrogens is 216 g/mol. The Kier molecular flexibility index (Phi) is 4.25. The monoisotopic (exact) mass is 236 g/mol. The first-order chi connectivity index (χ1) is 8.31. The number of hydrogen-bond acceptors (Lipinski definition) is 4. The van der Waals surface area contributed by atoms with E-state index in [2.05, 4.69) is 15.4 Å². The smallest absolute Gasteiger partial charge is 0.157 e. The Labute approximate surface area is 102 Å². The number of rotatable bonds is 4. The van der Waals surface area contributed by atoms with E-state index in [-0.39, 0.29) is 11.8 Å². The summed E-state index contributed by atoms with van der Waals surface area (Å²) >= 11 is 0. The molecule has 0 aromatic carbocycles. The number of nitrogens with one attached hydrogen (secondary N) is 1. The minimum atomic E-state index is 0.0134. The minimum Gasteiger partial charge on any atom is -0.307 e. The lowest BCUT2D eigenvalue weighted by molar-refractivity contribution is -0.120. The van der Waals surface area contributed by atoms with Gasteiger partial charge in [-0.25, -0.2) is 9.67 Å². The van der Waals surface area contributed by atoms with Gasteiger partial charge in [0.25, 0.3) is 0 Å². The summed E-state index contributed by atoms with van der Waals surface area (Å²) in [5.74, 6) is 1.03. The van der Waals surface area contributed by atoms with E-state index in [1.54, 1.807) is 4.68 Å². The van der Waals surface area contributed by atoms with Crippen LogP contribution >= 0.6 is 0 Å². The van der Waals surface area contributed by atoms with E-state index in [1.165, 1.54) is 19.2 Å². The van der Waals surface area contributed by atoms with Crippen LogP contribution in [-0.4, -0.2) is 33.1 Å². The highest BCUT2D eigenvalue weighted by molar-refractivity contribution is 5.85. The number of nitrogens with zero attached hydrogens (tertiary/aromatic N) is 3. The lowest BCUT2D eigenvalue weighted by atomic mass is 10.0. The number of hydrogen-bond donors (Lipinski definition) is 1. The topological polar surface area (TPSA) is 59.8 Å². The highest BCUT2D eigenvalue weighted by atomic mass is 16.1. The van der Waals surface area contributed by atoms with Gasteiger partial charge in [0.05, 0.1) is 12.5 Å². The molecule has 1 N–H and O–H groups in total. The molecule has 2 rings (SSSR count). The molecule has 0 saturated carbocycles. The summed E-state index contributed by atoms with van der Waals surface area (Å²) in [5.41, 5.74) is 0. The lowest BCUT2D eigenvalue weighted by Gasteiger charge is -2.14. The van der Waals surface area contributed by atoms with Gasteiger partial charge in [0.1, 0.15) is 12.2 Å². The van der Waals surface area contributed by atoms with E-state index in [9.17, 15) is 4.79 Å². The number of aryl methyl sites for hydroxylation is 1. The SMILES string of the molecule is CCn1ncnc1CC(=O)C1CCCCCN1. The molecule has 1 aromatic heterocycles. The molecule has 1 fully saturated rings. The van der Waals surface area contributed by atoms with E-state index in [4.69, 9.17) is 0 Å². The van der Waals surface area contributed by atoms with Crippen LogP contribution in [0.15, 0.2) is 6.33 Å². The van der Waals surface area contributed by atoms with Gasteiger partial charge in [0.15, 0.2) is 5.78 Å². The zero-order valence-corrected chi connectivity index (χ0v) is 10.4. The molecule has 0 aliphatic carbocycles. The highest BCUT2D eigenvalue weighted by Crippen LogP contribution is 2.10. The van der Waals surface area contributed by atoms with Crippen molar-refractivity contribution in [2.24, 2.45) is 0 Å². The zero-order chi connectivity index (χ0) is 12.1. The maximum Gasteiger partial charge on any atom is 0.157 e. The second kappa shape index (κ2) is 5.91. The Morgan fingerprint density at radius 1 is 1.53 bits per heavy atom. The van der Waals surface area contributed by atoms with Gasteiger partial charge in [0, 0.05) is 6.54 Å². The molecule has 5 nitrogen and oxygen atoms in total. The van der Waals surface area contributed by atoms with Crippen molar-refractivity contribution >= 4 is 5.78 Å². The summed E-state index contributed by atoms with van der Waals surface area (Å²) in [7, 11) is 0. The van der Waals surface area contributed by atoms with Crippen LogP contribution in [0.4, 0.5) is 0 Å². The van der Waals surface area contributed by atoms with Crippen LogP contribution < -0.4 is 5.32 Å². The Balaban J connectivity index is 1.95. The largest absolute Gasteiger partial charge is 0.307 e. The number of aromatic nitrogens is 3. The lowest BCUT2D eigenvalue weighted by Crippen LogP contribution is -2.37. The molecule has 17 heavy (non-hydrogen) atoms. The minimum absolute atomic E-state index is 0.0134. The van der Waals surface area contributed by atoms with Gasteiger partial charge in [0.2, 0.25) is 0 Å². The molecule has 1 atom stereocenters. The van der Waals surface area contributed by atoms with Crippen molar-refractivity contribution < 1.29 is 4.79 Å². The predicted molar refractivity (Wildman–Crippen MR) is 64.7 cm³/mol. The van der Waals surface area contributed by atoms with Crippen molar-refractivity contribution in [3.8, 4) is 0 Å². The second-order valence-electron chi connectivity index (χ2n) is 4.49. The van der Waals surface area contributed by atoms with Gasteiger partial charge in [-0.2, -0.15) is 5.10 Å². The van der Waals surface area contributed by atoms with Crippen LogP contribution in [0.25, 0.3) is 0 Å². The molecule has 1 saturated heterocycles. The highest BCUT2D eigenvalue weighted by Gasteiger charge is 2.21. The Bertz CT molecular complexity index is 366. The van der Waals surface area contributed by atoms with Crippen LogP contribution in [0.1, 0.15) is 38.4 Å². The van der Waals surface area contributed by atoms with E-state index < -0.39 is 0 Å². The van der Waals surface area contributed by atoms with Gasteiger partial charge >= 0.3 is 0 Å². The molecule has 0 spiro atoms. The van der Waals surface area contributed by atoms with Crippen LogP contribution in [0.3, 0.4) is 0 Å². The van der Waals surface area contributed by atoms with E-state index in [0.29, 0.717) is 6.42 Å². The maximum absolute atomic E-state index is 12.1. The molecule has 94 valence electrons. The van der Waals surface area contributed by atoms with Crippen LogP contribution in [0.5, 0.6) is 0 Å². The van der Waals surface area contributed by atoms with E-state index in [1.807, 2.05) is 6.92 Å². The normalized spacial score (nSPS) is 21.1. The molecule has 0 amide bonds. The number of carbonyl (C=O) groups is 1. The molecule has 0 bridgehead atoms. The fourth-order valence-electron chi connectivity index (χ4n) is 2.27. The van der Waals surface area contributed by atoms with Crippen molar-refractivity contribution in [2.75, 3.05) is 6.54 Å².